The highest BCUT2D eigenvalue weighted by molar-refractivity contribution is 7.61. The molecule has 242 valence electrons. The third-order valence-corrected chi connectivity index (χ3v) is 19.4. The SMILES string of the molecule is PC(C1=CC(=C2C=CC=CC2)C=C1CP(C12CC3CC(CC(C3)C1)C2)C12CC3CC(CC(C3)C1)C2)(c1cccnc1)c1cccnc1. The minimum atomic E-state index is -0.394. The number of rotatable bonds is 7. The molecule has 2 nitrogen and oxygen atoms in total. The van der Waals surface area contributed by atoms with Gasteiger partial charge in [-0.25, -0.2) is 0 Å². The number of hydrogen-bond donors (Lipinski definition) is 0. The monoisotopic (exact) mass is 656 g/mol. The van der Waals surface area contributed by atoms with Gasteiger partial charge in [-0.1, -0.05) is 50.4 Å². The van der Waals surface area contributed by atoms with Crippen molar-refractivity contribution in [3.8, 4) is 0 Å². The topological polar surface area (TPSA) is 25.8 Å². The van der Waals surface area contributed by atoms with E-state index in [9.17, 15) is 0 Å². The van der Waals surface area contributed by atoms with Gasteiger partial charge in [-0.05, 0) is 187 Å². The van der Waals surface area contributed by atoms with Crippen LogP contribution in [0.15, 0.2) is 108 Å². The first kappa shape index (κ1) is 29.7. The lowest BCUT2D eigenvalue weighted by Crippen LogP contribution is -2.57. The first-order chi connectivity index (χ1) is 23.0. The van der Waals surface area contributed by atoms with Crippen molar-refractivity contribution in [2.24, 2.45) is 35.5 Å². The van der Waals surface area contributed by atoms with Crippen LogP contribution in [-0.4, -0.2) is 26.4 Å². The molecule has 0 radical (unpaired) electrons. The fourth-order valence-electron chi connectivity index (χ4n) is 13.4. The van der Waals surface area contributed by atoms with E-state index in [4.69, 9.17) is 0 Å². The summed E-state index contributed by atoms with van der Waals surface area (Å²) in [6.45, 7) is 0. The predicted octanol–water partition coefficient (Wildman–Crippen LogP) is 10.7. The Kier molecular flexibility index (Phi) is 7.08. The third-order valence-electron chi connectivity index (χ3n) is 14.4. The molecule has 2 heterocycles. The van der Waals surface area contributed by atoms with Crippen LogP contribution in [0.25, 0.3) is 0 Å². The first-order valence-corrected chi connectivity index (χ1v) is 21.0. The second-order valence-electron chi connectivity index (χ2n) is 17.4. The van der Waals surface area contributed by atoms with E-state index in [-0.39, 0.29) is 7.92 Å². The van der Waals surface area contributed by atoms with E-state index in [0.717, 1.165) is 41.9 Å². The van der Waals surface area contributed by atoms with Crippen LogP contribution in [0.1, 0.15) is 94.6 Å². The van der Waals surface area contributed by atoms with E-state index in [1.54, 1.807) is 82.6 Å². The molecule has 1 atom stereocenters. The van der Waals surface area contributed by atoms with Gasteiger partial charge in [-0.3, -0.25) is 9.97 Å². The van der Waals surface area contributed by atoms with Crippen molar-refractivity contribution in [3.05, 3.63) is 119 Å². The molecule has 8 fully saturated rings. The zero-order valence-electron chi connectivity index (χ0n) is 27.9. The van der Waals surface area contributed by atoms with Crippen LogP contribution in [0.3, 0.4) is 0 Å². The van der Waals surface area contributed by atoms with Crippen molar-refractivity contribution in [2.75, 3.05) is 6.16 Å². The lowest BCUT2D eigenvalue weighted by molar-refractivity contribution is 0.0187. The van der Waals surface area contributed by atoms with Crippen LogP contribution in [0.2, 0.25) is 0 Å². The number of hydrogen-bond acceptors (Lipinski definition) is 2. The van der Waals surface area contributed by atoms with Crippen LogP contribution < -0.4 is 0 Å². The highest BCUT2D eigenvalue weighted by atomic mass is 31.1. The van der Waals surface area contributed by atoms with Gasteiger partial charge in [-0.15, -0.1) is 9.24 Å². The zero-order valence-corrected chi connectivity index (χ0v) is 29.9. The van der Waals surface area contributed by atoms with Crippen LogP contribution in [0.4, 0.5) is 0 Å². The molecule has 10 aliphatic carbocycles. The lowest BCUT2D eigenvalue weighted by Gasteiger charge is -2.67. The van der Waals surface area contributed by atoms with Gasteiger partial charge in [0.05, 0.1) is 5.16 Å². The van der Waals surface area contributed by atoms with E-state index >= 15 is 0 Å². The number of allylic oxidation sites excluding steroid dienone is 10. The van der Waals surface area contributed by atoms with E-state index in [1.807, 2.05) is 12.4 Å². The number of aromatic nitrogens is 2. The fourth-order valence-corrected chi connectivity index (χ4v) is 19.2. The Bertz CT molecular complexity index is 1560. The molecule has 1 unspecified atom stereocenters. The Labute approximate surface area is 285 Å². The van der Waals surface area contributed by atoms with Crippen molar-refractivity contribution >= 4 is 17.2 Å². The summed E-state index contributed by atoms with van der Waals surface area (Å²) >= 11 is 0. The molecule has 12 rings (SSSR count). The molecule has 4 heteroatoms. The first-order valence-electron chi connectivity index (χ1n) is 18.9. The smallest absolute Gasteiger partial charge is 0.0624 e. The second kappa shape index (κ2) is 11.2. The molecule has 8 saturated carbocycles. The third kappa shape index (κ3) is 4.85. The van der Waals surface area contributed by atoms with Crippen molar-refractivity contribution in [1.29, 1.82) is 0 Å². The Hall–Kier alpha value is -2.14. The maximum Gasteiger partial charge on any atom is 0.0624 e. The summed E-state index contributed by atoms with van der Waals surface area (Å²) in [7, 11) is 3.20. The molecule has 2 aromatic rings. The summed E-state index contributed by atoms with van der Waals surface area (Å²) < 4.78 is 0. The van der Waals surface area contributed by atoms with Crippen LogP contribution >= 0.6 is 17.2 Å². The molecule has 0 spiro atoms. The van der Waals surface area contributed by atoms with Gasteiger partial charge in [0.25, 0.3) is 0 Å². The van der Waals surface area contributed by atoms with Gasteiger partial charge in [0.15, 0.2) is 0 Å². The van der Waals surface area contributed by atoms with Crippen molar-refractivity contribution in [2.45, 2.75) is 98.9 Å². The molecule has 0 N–H and O–H groups in total. The van der Waals surface area contributed by atoms with E-state index in [0.29, 0.717) is 10.3 Å². The molecule has 8 bridgehead atoms. The van der Waals surface area contributed by atoms with Gasteiger partial charge in [0.2, 0.25) is 0 Å². The Morgan fingerprint density at radius 2 is 1.21 bits per heavy atom. The van der Waals surface area contributed by atoms with Crippen LogP contribution in [0.5, 0.6) is 0 Å². The van der Waals surface area contributed by atoms with Gasteiger partial charge in [0.1, 0.15) is 0 Å². The van der Waals surface area contributed by atoms with E-state index in [1.165, 1.54) is 34.0 Å². The summed E-state index contributed by atoms with van der Waals surface area (Å²) in [6.07, 6.45) is 43.4. The highest BCUT2D eigenvalue weighted by Crippen LogP contribution is 2.79. The number of nitrogens with zero attached hydrogens (tertiary/aromatic N) is 2. The normalized spacial score (nSPS) is 40.2. The van der Waals surface area contributed by atoms with Crippen LogP contribution in [0, 0.1) is 35.5 Å². The maximum absolute atomic E-state index is 4.69. The Morgan fingerprint density at radius 1 is 0.702 bits per heavy atom. The molecule has 0 saturated heterocycles. The molecule has 10 aliphatic rings. The molecular formula is C43H50N2P2. The molecule has 0 amide bonds. The minimum absolute atomic E-state index is 0.172. The van der Waals surface area contributed by atoms with Crippen molar-refractivity contribution in [1.82, 2.24) is 9.97 Å². The van der Waals surface area contributed by atoms with E-state index < -0.39 is 5.16 Å². The summed E-state index contributed by atoms with van der Waals surface area (Å²) in [5.74, 6) is 6.06. The van der Waals surface area contributed by atoms with Crippen molar-refractivity contribution < 1.29 is 0 Å². The quantitative estimate of drug-likeness (QED) is 0.277. The Balaban J connectivity index is 1.14. The van der Waals surface area contributed by atoms with Gasteiger partial charge >= 0.3 is 0 Å². The Morgan fingerprint density at radius 3 is 1.64 bits per heavy atom. The van der Waals surface area contributed by atoms with E-state index in [2.05, 4.69) is 92.3 Å². The zero-order chi connectivity index (χ0) is 31.2. The second-order valence-corrected chi connectivity index (χ2v) is 21.3. The molecule has 0 aromatic carbocycles. The average molecular weight is 657 g/mol. The van der Waals surface area contributed by atoms with Gasteiger partial charge in [0, 0.05) is 24.8 Å². The predicted molar refractivity (Wildman–Crippen MR) is 199 cm³/mol. The summed E-state index contributed by atoms with van der Waals surface area (Å²) in [5.41, 5.74) is 8.50. The molecule has 0 aliphatic heterocycles. The minimum Gasteiger partial charge on any atom is -0.264 e. The molecular weight excluding hydrogens is 606 g/mol. The average Bonchev–Trinajstić information content (AvgIpc) is 3.51. The summed E-state index contributed by atoms with van der Waals surface area (Å²) in [4.78, 5) is 9.38. The number of pyridine rings is 2. The standard InChI is InChI=1S/C43H50N2P2/c46-43(38-8-4-10-44-26-38,39-9-5-11-45-27-39)40-19-36(35-6-2-1-3-7-35)18-37(40)28-47(41-20-29-12-30(21-41)14-31(13-29)22-41)42-23-32-15-33(24-42)17-34(16-32)25-42/h1-6,8-11,18-19,26-27,29-34H,7,12-17,20-25,28,46H2. The largest absolute Gasteiger partial charge is 0.264 e. The molecule has 2 aromatic heterocycles. The van der Waals surface area contributed by atoms with Crippen molar-refractivity contribution in [3.63, 3.8) is 0 Å². The van der Waals surface area contributed by atoms with Crippen LogP contribution in [-0.2, 0) is 5.16 Å². The fraction of sp³-hybridized carbons (Fsp3) is 0.535. The highest BCUT2D eigenvalue weighted by Gasteiger charge is 2.62. The molecule has 47 heavy (non-hydrogen) atoms. The lowest BCUT2D eigenvalue weighted by atomic mass is 9.55. The maximum atomic E-state index is 4.69. The summed E-state index contributed by atoms with van der Waals surface area (Å²) in [5, 5.41) is 0.823. The van der Waals surface area contributed by atoms with Gasteiger partial charge < -0.3 is 0 Å². The summed E-state index contributed by atoms with van der Waals surface area (Å²) in [6, 6.07) is 8.83. The van der Waals surface area contributed by atoms with Gasteiger partial charge in [-0.2, -0.15) is 0 Å².